The van der Waals surface area contributed by atoms with Crippen LogP contribution >= 0.6 is 0 Å². The largest absolute Gasteiger partial charge is 0.381 e. The highest BCUT2D eigenvalue weighted by Gasteiger charge is 2.48. The van der Waals surface area contributed by atoms with Gasteiger partial charge in [-0.15, -0.1) is 0 Å². The van der Waals surface area contributed by atoms with Gasteiger partial charge < -0.3 is 10.1 Å². The van der Waals surface area contributed by atoms with E-state index in [0.717, 1.165) is 30.2 Å². The molecular weight excluding hydrogens is 226 g/mol. The van der Waals surface area contributed by atoms with Crippen molar-refractivity contribution in [3.8, 4) is 0 Å². The maximum absolute atomic E-state index is 5.47. The normalized spacial score (nSPS) is 25.6. The molecule has 0 amide bonds. The van der Waals surface area contributed by atoms with Crippen molar-refractivity contribution in [3.05, 3.63) is 17.6 Å². The molecule has 1 aromatic rings. The van der Waals surface area contributed by atoms with Gasteiger partial charge in [0.2, 0.25) is 0 Å². The molecule has 2 rings (SSSR count). The summed E-state index contributed by atoms with van der Waals surface area (Å²) < 4.78 is 5.47. The van der Waals surface area contributed by atoms with E-state index in [9.17, 15) is 0 Å². The van der Waals surface area contributed by atoms with Gasteiger partial charge in [0.1, 0.15) is 11.6 Å². The Bertz CT molecular complexity index is 431. The lowest BCUT2D eigenvalue weighted by Crippen LogP contribution is -2.57. The Balaban J connectivity index is 2.09. The van der Waals surface area contributed by atoms with E-state index in [2.05, 4.69) is 36.1 Å². The van der Waals surface area contributed by atoms with Crippen LogP contribution in [0.1, 0.15) is 38.7 Å². The third kappa shape index (κ3) is 2.34. The second-order valence-electron chi connectivity index (χ2n) is 5.62. The molecule has 1 saturated carbocycles. The molecule has 1 fully saturated rings. The van der Waals surface area contributed by atoms with Crippen LogP contribution in [0.5, 0.6) is 0 Å². The fourth-order valence-corrected chi connectivity index (χ4v) is 2.59. The third-order valence-corrected chi connectivity index (χ3v) is 4.04. The van der Waals surface area contributed by atoms with Crippen molar-refractivity contribution < 1.29 is 4.74 Å². The number of nitrogens with one attached hydrogen (secondary N) is 1. The lowest BCUT2D eigenvalue weighted by Gasteiger charge is -2.51. The minimum atomic E-state index is 0.153. The van der Waals surface area contributed by atoms with Crippen LogP contribution < -0.4 is 5.32 Å². The first-order valence-corrected chi connectivity index (χ1v) is 6.61. The van der Waals surface area contributed by atoms with E-state index >= 15 is 0 Å². The first kappa shape index (κ1) is 13.3. The average molecular weight is 249 g/mol. The molecule has 4 heteroatoms. The van der Waals surface area contributed by atoms with Crippen molar-refractivity contribution in [2.45, 2.75) is 52.7 Å². The fraction of sp³-hybridized carbons (Fsp3) is 0.714. The Morgan fingerprint density at radius 1 is 1.44 bits per heavy atom. The summed E-state index contributed by atoms with van der Waals surface area (Å²) in [5, 5.41) is 3.52. The van der Waals surface area contributed by atoms with E-state index in [1.165, 1.54) is 0 Å². The molecule has 1 N–H and O–H groups in total. The van der Waals surface area contributed by atoms with Crippen LogP contribution in [0.25, 0.3) is 0 Å². The predicted molar refractivity (Wildman–Crippen MR) is 72.8 cm³/mol. The van der Waals surface area contributed by atoms with Gasteiger partial charge in [-0.05, 0) is 19.8 Å². The van der Waals surface area contributed by atoms with Gasteiger partial charge in [-0.3, -0.25) is 0 Å². The number of anilines is 1. The lowest BCUT2D eigenvalue weighted by atomic mass is 9.64. The van der Waals surface area contributed by atoms with Gasteiger partial charge in [0.15, 0.2) is 0 Å². The van der Waals surface area contributed by atoms with Crippen LogP contribution in [-0.4, -0.2) is 29.2 Å². The van der Waals surface area contributed by atoms with Gasteiger partial charge in [-0.2, -0.15) is 0 Å². The summed E-state index contributed by atoms with van der Waals surface area (Å²) in [6.45, 7) is 8.52. The second-order valence-corrected chi connectivity index (χ2v) is 5.62. The highest BCUT2D eigenvalue weighted by Crippen LogP contribution is 2.43. The monoisotopic (exact) mass is 249 g/mol. The molecule has 0 saturated heterocycles. The summed E-state index contributed by atoms with van der Waals surface area (Å²) in [6, 6.07) is 2.46. The Hall–Kier alpha value is -1.16. The van der Waals surface area contributed by atoms with Crippen LogP contribution in [-0.2, 0) is 11.2 Å². The minimum absolute atomic E-state index is 0.153. The molecule has 1 aromatic heterocycles. The average Bonchev–Trinajstić information content (AvgIpc) is 2.33. The van der Waals surface area contributed by atoms with Gasteiger partial charge >= 0.3 is 0 Å². The number of nitrogens with zero attached hydrogens (tertiary/aromatic N) is 2. The molecule has 4 nitrogen and oxygen atoms in total. The Labute approximate surface area is 109 Å². The van der Waals surface area contributed by atoms with E-state index in [0.29, 0.717) is 12.1 Å². The van der Waals surface area contributed by atoms with Crippen LogP contribution in [0.3, 0.4) is 0 Å². The Morgan fingerprint density at radius 3 is 2.72 bits per heavy atom. The lowest BCUT2D eigenvalue weighted by molar-refractivity contribution is -0.0795. The number of aryl methyl sites for hydroxylation is 2. The SMILES string of the molecule is CCc1cc(NC2CC(OC)C2(C)C)nc(C)n1. The summed E-state index contributed by atoms with van der Waals surface area (Å²) in [5.74, 6) is 1.77. The second kappa shape index (κ2) is 4.84. The molecule has 2 atom stereocenters. The van der Waals surface area contributed by atoms with Crippen LogP contribution in [0.4, 0.5) is 5.82 Å². The quantitative estimate of drug-likeness (QED) is 0.891. The zero-order valence-electron chi connectivity index (χ0n) is 11.9. The van der Waals surface area contributed by atoms with E-state index in [-0.39, 0.29) is 5.41 Å². The molecule has 1 heterocycles. The van der Waals surface area contributed by atoms with E-state index in [1.54, 1.807) is 7.11 Å². The van der Waals surface area contributed by atoms with Gasteiger partial charge in [-0.1, -0.05) is 20.8 Å². The van der Waals surface area contributed by atoms with Crippen LogP contribution in [0.15, 0.2) is 6.07 Å². The summed E-state index contributed by atoms with van der Waals surface area (Å²) in [6.07, 6.45) is 2.31. The van der Waals surface area contributed by atoms with E-state index in [4.69, 9.17) is 4.74 Å². The number of aromatic nitrogens is 2. The molecule has 0 radical (unpaired) electrons. The first-order valence-electron chi connectivity index (χ1n) is 6.61. The van der Waals surface area contributed by atoms with Crippen molar-refractivity contribution in [3.63, 3.8) is 0 Å². The zero-order valence-corrected chi connectivity index (χ0v) is 11.9. The van der Waals surface area contributed by atoms with Crippen LogP contribution in [0.2, 0.25) is 0 Å². The van der Waals surface area contributed by atoms with Gasteiger partial charge in [-0.25, -0.2) is 9.97 Å². The van der Waals surface area contributed by atoms with Gasteiger partial charge in [0, 0.05) is 30.3 Å². The summed E-state index contributed by atoms with van der Waals surface area (Å²) in [5.41, 5.74) is 1.24. The van der Waals surface area contributed by atoms with Crippen molar-refractivity contribution in [1.29, 1.82) is 0 Å². The maximum Gasteiger partial charge on any atom is 0.130 e. The van der Waals surface area contributed by atoms with Gasteiger partial charge in [0.25, 0.3) is 0 Å². The molecule has 1 aliphatic rings. The number of ether oxygens (including phenoxy) is 1. The third-order valence-electron chi connectivity index (χ3n) is 4.04. The van der Waals surface area contributed by atoms with E-state index < -0.39 is 0 Å². The van der Waals surface area contributed by atoms with Crippen molar-refractivity contribution in [2.75, 3.05) is 12.4 Å². The molecule has 100 valence electrons. The number of rotatable bonds is 4. The van der Waals surface area contributed by atoms with Crippen molar-refractivity contribution in [1.82, 2.24) is 9.97 Å². The van der Waals surface area contributed by atoms with E-state index in [1.807, 2.05) is 13.0 Å². The highest BCUT2D eigenvalue weighted by atomic mass is 16.5. The number of methoxy groups -OCH3 is 1. The molecule has 0 aliphatic heterocycles. The number of hydrogen-bond acceptors (Lipinski definition) is 4. The molecule has 0 spiro atoms. The number of hydrogen-bond donors (Lipinski definition) is 1. The fourth-order valence-electron chi connectivity index (χ4n) is 2.59. The van der Waals surface area contributed by atoms with Crippen LogP contribution in [0, 0.1) is 12.3 Å². The summed E-state index contributed by atoms with van der Waals surface area (Å²) in [7, 11) is 1.78. The van der Waals surface area contributed by atoms with Crippen molar-refractivity contribution >= 4 is 5.82 Å². The Morgan fingerprint density at radius 2 is 2.17 bits per heavy atom. The first-order chi connectivity index (χ1) is 8.47. The predicted octanol–water partition coefficient (Wildman–Crippen LogP) is 2.57. The molecule has 2 unspecified atom stereocenters. The minimum Gasteiger partial charge on any atom is -0.381 e. The molecular formula is C14H23N3O. The molecule has 0 aromatic carbocycles. The van der Waals surface area contributed by atoms with Crippen molar-refractivity contribution in [2.24, 2.45) is 5.41 Å². The van der Waals surface area contributed by atoms with Gasteiger partial charge in [0.05, 0.1) is 6.10 Å². The zero-order chi connectivity index (χ0) is 13.3. The molecule has 18 heavy (non-hydrogen) atoms. The highest BCUT2D eigenvalue weighted by molar-refractivity contribution is 5.39. The maximum atomic E-state index is 5.47. The standard InChI is InChI=1S/C14H23N3O/c1-6-10-7-13(16-9(2)15-10)17-11-8-12(18-5)14(11,3)4/h7,11-12H,6,8H2,1-5H3,(H,15,16,17). The topological polar surface area (TPSA) is 47.0 Å². The molecule has 0 bridgehead atoms. The molecule has 1 aliphatic carbocycles. The summed E-state index contributed by atoms with van der Waals surface area (Å²) in [4.78, 5) is 8.85. The summed E-state index contributed by atoms with van der Waals surface area (Å²) >= 11 is 0. The smallest absolute Gasteiger partial charge is 0.130 e. The Kier molecular flexibility index (Phi) is 3.57.